The number of amides is 1. The van der Waals surface area contributed by atoms with Crippen LogP contribution in [0, 0.1) is 0 Å². The average molecular weight is 633 g/mol. The molecule has 0 unspecified atom stereocenters. The SMILES string of the molecule is O=C(O)CCCCNC(=O)c1ccc2cc1OCCCCCCOc1ccc(cc1)CNc1nc(nc(OCC(F)(F)F)n1)N2. The first-order chi connectivity index (χ1) is 21.6. The number of carbonyl (C=O) groups excluding carboxylic acids is 1. The minimum absolute atomic E-state index is 0.0145. The number of rotatable bonds is 8. The zero-order chi connectivity index (χ0) is 32.1. The molecular formula is C30H35F3N6O6. The van der Waals surface area contributed by atoms with Crippen LogP contribution in [0.5, 0.6) is 17.5 Å². The topological polar surface area (TPSA) is 157 Å². The van der Waals surface area contributed by atoms with Crippen LogP contribution < -0.4 is 30.2 Å². The second-order valence-corrected chi connectivity index (χ2v) is 10.2. The van der Waals surface area contributed by atoms with Crippen LogP contribution in [0.15, 0.2) is 42.5 Å². The summed E-state index contributed by atoms with van der Waals surface area (Å²) in [5, 5.41) is 17.5. The van der Waals surface area contributed by atoms with Gasteiger partial charge >= 0.3 is 18.2 Å². The number of hydrogen-bond acceptors (Lipinski definition) is 10. The van der Waals surface area contributed by atoms with Crippen LogP contribution in [0.25, 0.3) is 0 Å². The molecule has 0 saturated heterocycles. The molecule has 5 rings (SSSR count). The van der Waals surface area contributed by atoms with Gasteiger partial charge in [0.05, 0.1) is 18.8 Å². The summed E-state index contributed by atoms with van der Waals surface area (Å²) in [6, 6.07) is 11.6. The maximum Gasteiger partial charge on any atom is 0.422 e. The number of unbranched alkanes of at least 4 members (excludes halogenated alkanes) is 1. The fourth-order valence-corrected chi connectivity index (χ4v) is 4.25. The standard InChI is InChI=1S/C30H35F3N6O6/c31-30(32,33)19-45-29-38-27-35-18-20-8-11-22(12-9-20)43-15-5-1-2-6-16-44-24-17-21(36-28(37-27)39-29)10-13-23(24)26(42)34-14-4-3-7-25(40)41/h8-13,17H,1-7,14-16,18-19H2,(H,34,42)(H,40,41)(H2,35,36,37,38,39). The number of aromatic nitrogens is 3. The lowest BCUT2D eigenvalue weighted by Crippen LogP contribution is -2.25. The number of nitrogens with one attached hydrogen (secondary N) is 3. The Morgan fingerprint density at radius 3 is 2.40 bits per heavy atom. The molecule has 0 atom stereocenters. The number of ether oxygens (including phenoxy) is 3. The van der Waals surface area contributed by atoms with E-state index >= 15 is 0 Å². The first-order valence-electron chi connectivity index (χ1n) is 14.6. The number of carboxylic acid groups (broad SMARTS) is 1. The van der Waals surface area contributed by atoms with E-state index in [2.05, 4.69) is 30.9 Å². The van der Waals surface area contributed by atoms with Crippen LogP contribution >= 0.6 is 0 Å². The highest BCUT2D eigenvalue weighted by atomic mass is 19.4. The second-order valence-electron chi connectivity index (χ2n) is 10.2. The van der Waals surface area contributed by atoms with E-state index in [1.807, 2.05) is 24.3 Å². The molecule has 1 aromatic heterocycles. The van der Waals surface area contributed by atoms with E-state index < -0.39 is 30.7 Å². The predicted octanol–water partition coefficient (Wildman–Crippen LogP) is 5.48. The minimum Gasteiger partial charge on any atom is -0.494 e. The Labute approximate surface area is 257 Å². The molecule has 6 bridgehead atoms. The number of aliphatic carboxylic acids is 1. The van der Waals surface area contributed by atoms with Crippen molar-refractivity contribution in [3.05, 3.63) is 53.6 Å². The van der Waals surface area contributed by atoms with Gasteiger partial charge in [-0.2, -0.15) is 28.1 Å². The molecule has 0 spiro atoms. The lowest BCUT2D eigenvalue weighted by Gasteiger charge is -2.15. The molecule has 2 aliphatic rings. The summed E-state index contributed by atoms with van der Waals surface area (Å²) in [7, 11) is 0. The molecule has 2 aliphatic heterocycles. The number of fused-ring (bicyclic) bond motifs is 10. The number of anilines is 3. The number of halogens is 3. The summed E-state index contributed by atoms with van der Waals surface area (Å²) in [5.74, 6) is -0.414. The molecule has 12 nitrogen and oxygen atoms in total. The number of carbonyl (C=O) groups is 2. The zero-order valence-corrected chi connectivity index (χ0v) is 24.5. The van der Waals surface area contributed by atoms with Crippen molar-refractivity contribution in [2.24, 2.45) is 0 Å². The largest absolute Gasteiger partial charge is 0.494 e. The molecule has 3 heterocycles. The van der Waals surface area contributed by atoms with Gasteiger partial charge in [0, 0.05) is 31.3 Å². The highest BCUT2D eigenvalue weighted by molar-refractivity contribution is 5.97. The molecule has 45 heavy (non-hydrogen) atoms. The van der Waals surface area contributed by atoms with E-state index in [0.717, 1.165) is 37.0 Å². The zero-order valence-electron chi connectivity index (χ0n) is 24.5. The third-order valence-electron chi connectivity index (χ3n) is 6.50. The van der Waals surface area contributed by atoms with Crippen molar-refractivity contribution in [3.8, 4) is 17.5 Å². The van der Waals surface area contributed by atoms with Crippen LogP contribution in [-0.2, 0) is 11.3 Å². The first-order valence-corrected chi connectivity index (χ1v) is 14.6. The summed E-state index contributed by atoms with van der Waals surface area (Å²) in [6.07, 6.45) is -0.270. The molecule has 4 N–H and O–H groups in total. The lowest BCUT2D eigenvalue weighted by molar-refractivity contribution is -0.154. The summed E-state index contributed by atoms with van der Waals surface area (Å²) < 4.78 is 55.2. The van der Waals surface area contributed by atoms with Gasteiger partial charge in [0.25, 0.3) is 5.91 Å². The fraction of sp³-hybridized carbons (Fsp3) is 0.433. The molecule has 0 aliphatic carbocycles. The van der Waals surface area contributed by atoms with Gasteiger partial charge in [-0.05, 0) is 68.4 Å². The molecule has 0 saturated carbocycles. The van der Waals surface area contributed by atoms with E-state index in [1.54, 1.807) is 18.2 Å². The van der Waals surface area contributed by atoms with Crippen LogP contribution in [-0.4, -0.2) is 64.5 Å². The van der Waals surface area contributed by atoms with Crippen LogP contribution in [0.1, 0.15) is 60.9 Å². The minimum atomic E-state index is -4.60. The first kappa shape index (κ1) is 33.1. The molecule has 0 radical (unpaired) electrons. The Hall–Kier alpha value is -4.82. The Kier molecular flexibility index (Phi) is 12.0. The molecule has 2 aromatic carbocycles. The van der Waals surface area contributed by atoms with Crippen molar-refractivity contribution in [3.63, 3.8) is 0 Å². The fourth-order valence-electron chi connectivity index (χ4n) is 4.25. The monoisotopic (exact) mass is 632 g/mol. The summed E-state index contributed by atoms with van der Waals surface area (Å²) in [5.41, 5.74) is 1.53. The van der Waals surface area contributed by atoms with Gasteiger partial charge < -0.3 is 35.3 Å². The average Bonchev–Trinajstić information content (AvgIpc) is 3.00. The predicted molar refractivity (Wildman–Crippen MR) is 158 cm³/mol. The highest BCUT2D eigenvalue weighted by Gasteiger charge is 2.29. The van der Waals surface area contributed by atoms with Crippen LogP contribution in [0.2, 0.25) is 0 Å². The smallest absolute Gasteiger partial charge is 0.422 e. The normalized spacial score (nSPS) is 14.0. The molecule has 0 fully saturated rings. The van der Waals surface area contributed by atoms with Gasteiger partial charge in [-0.1, -0.05) is 12.1 Å². The van der Waals surface area contributed by atoms with Crippen LogP contribution in [0.4, 0.5) is 30.8 Å². The van der Waals surface area contributed by atoms with Crippen molar-refractivity contribution < 1.29 is 42.1 Å². The number of alkyl halides is 3. The number of benzene rings is 2. The van der Waals surface area contributed by atoms with Crippen molar-refractivity contribution in [2.75, 3.05) is 37.0 Å². The van der Waals surface area contributed by atoms with Gasteiger partial charge in [0.15, 0.2) is 6.61 Å². The Balaban J connectivity index is 1.57. The van der Waals surface area contributed by atoms with Gasteiger partial charge in [0.1, 0.15) is 11.5 Å². The summed E-state index contributed by atoms with van der Waals surface area (Å²) in [6.45, 7) is -0.147. The number of nitrogens with zero attached hydrogens (tertiary/aromatic N) is 3. The molecule has 1 amide bonds. The van der Waals surface area contributed by atoms with Crippen molar-refractivity contribution in [2.45, 2.75) is 57.7 Å². The van der Waals surface area contributed by atoms with Gasteiger partial charge in [-0.25, -0.2) is 0 Å². The van der Waals surface area contributed by atoms with Crippen molar-refractivity contribution >= 4 is 29.5 Å². The van der Waals surface area contributed by atoms with Crippen molar-refractivity contribution in [1.29, 1.82) is 0 Å². The molecular weight excluding hydrogens is 597 g/mol. The molecule has 242 valence electrons. The summed E-state index contributed by atoms with van der Waals surface area (Å²) in [4.78, 5) is 35.9. The van der Waals surface area contributed by atoms with E-state index in [0.29, 0.717) is 31.7 Å². The number of carboxylic acids is 1. The van der Waals surface area contributed by atoms with Gasteiger partial charge in [-0.3, -0.25) is 9.59 Å². The van der Waals surface area contributed by atoms with E-state index in [1.165, 1.54) is 0 Å². The van der Waals surface area contributed by atoms with E-state index in [-0.39, 0.29) is 42.7 Å². The van der Waals surface area contributed by atoms with Gasteiger partial charge in [-0.15, -0.1) is 0 Å². The second kappa shape index (κ2) is 16.3. The van der Waals surface area contributed by atoms with E-state index in [9.17, 15) is 22.8 Å². The molecule has 15 heteroatoms. The Morgan fingerprint density at radius 2 is 1.67 bits per heavy atom. The molecule has 3 aromatic rings. The van der Waals surface area contributed by atoms with Crippen molar-refractivity contribution in [1.82, 2.24) is 20.3 Å². The lowest BCUT2D eigenvalue weighted by atomic mass is 10.1. The van der Waals surface area contributed by atoms with E-state index in [4.69, 9.17) is 19.3 Å². The highest BCUT2D eigenvalue weighted by Crippen LogP contribution is 2.27. The Bertz CT molecular complexity index is 1420. The maximum absolute atomic E-state index is 13.0. The third-order valence-corrected chi connectivity index (χ3v) is 6.50. The number of hydrogen-bond donors (Lipinski definition) is 4. The summed E-state index contributed by atoms with van der Waals surface area (Å²) >= 11 is 0. The maximum atomic E-state index is 13.0. The quantitative estimate of drug-likeness (QED) is 0.233. The Morgan fingerprint density at radius 1 is 0.933 bits per heavy atom. The third kappa shape index (κ3) is 11.7. The van der Waals surface area contributed by atoms with Crippen LogP contribution in [0.3, 0.4) is 0 Å². The van der Waals surface area contributed by atoms with Gasteiger partial charge in [0.2, 0.25) is 11.9 Å².